The second-order valence-electron chi connectivity index (χ2n) is 4.37. The topological polar surface area (TPSA) is 83.5 Å². The average molecular weight is 322 g/mol. The van der Waals surface area contributed by atoms with Crippen LogP contribution in [0.15, 0.2) is 36.4 Å². The molecule has 0 aliphatic carbocycles. The van der Waals surface area contributed by atoms with Crippen LogP contribution in [0.25, 0.3) is 0 Å². The zero-order valence-electron chi connectivity index (χ0n) is 12.0. The van der Waals surface area contributed by atoms with E-state index < -0.39 is 0 Å². The maximum atomic E-state index is 11.7. The van der Waals surface area contributed by atoms with Gasteiger partial charge in [0.2, 0.25) is 5.88 Å². The minimum Gasteiger partial charge on any atom is -0.479 e. The number of nitrogens with one attached hydrogen (secondary N) is 2. The Morgan fingerprint density at radius 3 is 2.64 bits per heavy atom. The van der Waals surface area contributed by atoms with Crippen LogP contribution in [0.4, 0.5) is 11.4 Å². The lowest BCUT2D eigenvalue weighted by Crippen LogP contribution is -2.26. The van der Waals surface area contributed by atoms with Crippen molar-refractivity contribution in [3.05, 3.63) is 47.1 Å². The number of methoxy groups -OCH3 is 1. The highest BCUT2D eigenvalue weighted by Gasteiger charge is 2.07. The van der Waals surface area contributed by atoms with E-state index in [1.807, 2.05) is 0 Å². The standard InChI is InChI=1S/C15H16ClN3O3/c1-22-15-12(6-7-13(16)19-15)18-11-4-2-10(3-5-11)14(21)17-8-9-20/h2-7,18,20H,8-9H2,1H3,(H,17,21). The molecule has 0 saturated heterocycles. The Hall–Kier alpha value is -2.31. The van der Waals surface area contributed by atoms with Gasteiger partial charge in [0.05, 0.1) is 13.7 Å². The first kappa shape index (κ1) is 16.1. The maximum absolute atomic E-state index is 11.7. The number of aliphatic hydroxyl groups excluding tert-OH is 1. The Morgan fingerprint density at radius 2 is 2.00 bits per heavy atom. The van der Waals surface area contributed by atoms with Crippen molar-refractivity contribution in [2.24, 2.45) is 0 Å². The second-order valence-corrected chi connectivity index (χ2v) is 4.76. The first-order valence-electron chi connectivity index (χ1n) is 6.60. The van der Waals surface area contributed by atoms with Gasteiger partial charge in [-0.1, -0.05) is 11.6 Å². The first-order chi connectivity index (χ1) is 10.6. The van der Waals surface area contributed by atoms with Crippen molar-refractivity contribution in [3.63, 3.8) is 0 Å². The number of nitrogens with zero attached hydrogens (tertiary/aromatic N) is 1. The fourth-order valence-electron chi connectivity index (χ4n) is 1.80. The number of hydrogen-bond acceptors (Lipinski definition) is 5. The summed E-state index contributed by atoms with van der Waals surface area (Å²) in [6.07, 6.45) is 0. The molecule has 1 aromatic heterocycles. The number of rotatable bonds is 6. The second kappa shape index (κ2) is 7.63. The van der Waals surface area contributed by atoms with Gasteiger partial charge in [-0.05, 0) is 36.4 Å². The van der Waals surface area contributed by atoms with E-state index in [2.05, 4.69) is 15.6 Å². The van der Waals surface area contributed by atoms with Gasteiger partial charge in [-0.15, -0.1) is 0 Å². The molecule has 2 aromatic rings. The van der Waals surface area contributed by atoms with Gasteiger partial charge in [-0.25, -0.2) is 0 Å². The van der Waals surface area contributed by atoms with Crippen LogP contribution in [0.3, 0.4) is 0 Å². The van der Waals surface area contributed by atoms with E-state index in [9.17, 15) is 4.79 Å². The number of pyridine rings is 1. The zero-order chi connectivity index (χ0) is 15.9. The molecule has 0 saturated carbocycles. The highest BCUT2D eigenvalue weighted by molar-refractivity contribution is 6.29. The minimum absolute atomic E-state index is 0.0886. The van der Waals surface area contributed by atoms with E-state index in [1.165, 1.54) is 7.11 Å². The highest BCUT2D eigenvalue weighted by atomic mass is 35.5. The van der Waals surface area contributed by atoms with Gasteiger partial charge in [-0.2, -0.15) is 4.98 Å². The van der Waals surface area contributed by atoms with Gasteiger partial charge >= 0.3 is 0 Å². The number of benzene rings is 1. The van der Waals surface area contributed by atoms with Crippen LogP contribution in [0.2, 0.25) is 5.15 Å². The molecule has 1 amide bonds. The molecule has 1 heterocycles. The molecule has 22 heavy (non-hydrogen) atoms. The average Bonchev–Trinajstić information content (AvgIpc) is 2.54. The third kappa shape index (κ3) is 4.09. The fraction of sp³-hybridized carbons (Fsp3) is 0.200. The Morgan fingerprint density at radius 1 is 1.27 bits per heavy atom. The predicted octanol–water partition coefficient (Wildman–Crippen LogP) is 2.21. The van der Waals surface area contributed by atoms with Crippen LogP contribution in [0.5, 0.6) is 5.88 Å². The number of carbonyl (C=O) groups is 1. The molecule has 2 rings (SSSR count). The number of aliphatic hydroxyl groups is 1. The van der Waals surface area contributed by atoms with Gasteiger partial charge < -0.3 is 20.5 Å². The van der Waals surface area contributed by atoms with Crippen molar-refractivity contribution in [2.45, 2.75) is 0 Å². The van der Waals surface area contributed by atoms with E-state index in [4.69, 9.17) is 21.4 Å². The lowest BCUT2D eigenvalue weighted by atomic mass is 10.2. The van der Waals surface area contributed by atoms with Crippen molar-refractivity contribution in [1.29, 1.82) is 0 Å². The van der Waals surface area contributed by atoms with Gasteiger partial charge in [0.25, 0.3) is 5.91 Å². The molecule has 0 bridgehead atoms. The maximum Gasteiger partial charge on any atom is 0.251 e. The van der Waals surface area contributed by atoms with E-state index in [1.54, 1.807) is 36.4 Å². The summed E-state index contributed by atoms with van der Waals surface area (Å²) >= 11 is 5.81. The van der Waals surface area contributed by atoms with Crippen molar-refractivity contribution in [2.75, 3.05) is 25.6 Å². The van der Waals surface area contributed by atoms with Crippen LogP contribution in [0.1, 0.15) is 10.4 Å². The molecule has 116 valence electrons. The Labute approximate surface area is 133 Å². The molecule has 0 fully saturated rings. The molecular weight excluding hydrogens is 306 g/mol. The highest BCUT2D eigenvalue weighted by Crippen LogP contribution is 2.27. The summed E-state index contributed by atoms with van der Waals surface area (Å²) in [5, 5.41) is 14.8. The molecule has 1 aromatic carbocycles. The Balaban J connectivity index is 2.10. The molecule has 0 spiro atoms. The number of amides is 1. The third-order valence-electron chi connectivity index (χ3n) is 2.84. The van der Waals surface area contributed by atoms with Gasteiger partial charge in [0.15, 0.2) is 0 Å². The fourth-order valence-corrected chi connectivity index (χ4v) is 1.94. The molecule has 6 nitrogen and oxygen atoms in total. The lowest BCUT2D eigenvalue weighted by Gasteiger charge is -2.11. The quantitative estimate of drug-likeness (QED) is 0.710. The molecule has 7 heteroatoms. The summed E-state index contributed by atoms with van der Waals surface area (Å²) in [7, 11) is 1.51. The SMILES string of the molecule is COc1nc(Cl)ccc1Nc1ccc(C(=O)NCCO)cc1. The first-order valence-corrected chi connectivity index (χ1v) is 6.98. The molecule has 3 N–H and O–H groups in total. The number of ether oxygens (including phenoxy) is 1. The summed E-state index contributed by atoms with van der Waals surface area (Å²) in [5.74, 6) is 0.156. The Kier molecular flexibility index (Phi) is 5.57. The van der Waals surface area contributed by atoms with Crippen LogP contribution in [-0.2, 0) is 0 Å². The molecule has 0 radical (unpaired) electrons. The van der Waals surface area contributed by atoms with Crippen LogP contribution >= 0.6 is 11.6 Å². The third-order valence-corrected chi connectivity index (χ3v) is 3.05. The summed E-state index contributed by atoms with van der Waals surface area (Å²) in [6.45, 7) is 0.140. The van der Waals surface area contributed by atoms with E-state index in [0.717, 1.165) is 5.69 Å². The zero-order valence-corrected chi connectivity index (χ0v) is 12.7. The predicted molar refractivity (Wildman–Crippen MR) is 84.9 cm³/mol. The van der Waals surface area contributed by atoms with E-state index >= 15 is 0 Å². The number of aromatic nitrogens is 1. The monoisotopic (exact) mass is 321 g/mol. The summed E-state index contributed by atoms with van der Waals surface area (Å²) in [6, 6.07) is 10.3. The smallest absolute Gasteiger partial charge is 0.251 e. The van der Waals surface area contributed by atoms with Crippen molar-refractivity contribution in [1.82, 2.24) is 10.3 Å². The van der Waals surface area contributed by atoms with Crippen LogP contribution in [-0.4, -0.2) is 36.3 Å². The van der Waals surface area contributed by atoms with Gasteiger partial charge in [0.1, 0.15) is 10.8 Å². The molecular formula is C15H16ClN3O3. The Bertz CT molecular complexity index is 647. The van der Waals surface area contributed by atoms with Crippen molar-refractivity contribution >= 4 is 28.9 Å². The normalized spacial score (nSPS) is 10.1. The molecule has 0 aliphatic heterocycles. The van der Waals surface area contributed by atoms with E-state index in [-0.39, 0.29) is 19.1 Å². The molecule has 0 unspecified atom stereocenters. The summed E-state index contributed by atoms with van der Waals surface area (Å²) in [5.41, 5.74) is 1.96. The number of hydrogen-bond donors (Lipinski definition) is 3. The largest absolute Gasteiger partial charge is 0.479 e. The number of halogens is 1. The molecule has 0 aliphatic rings. The molecule has 0 atom stereocenters. The van der Waals surface area contributed by atoms with Gasteiger partial charge in [-0.3, -0.25) is 4.79 Å². The van der Waals surface area contributed by atoms with Crippen molar-refractivity contribution in [3.8, 4) is 5.88 Å². The summed E-state index contributed by atoms with van der Waals surface area (Å²) in [4.78, 5) is 15.8. The minimum atomic E-state index is -0.230. The van der Waals surface area contributed by atoms with Crippen molar-refractivity contribution < 1.29 is 14.6 Å². The van der Waals surface area contributed by atoms with E-state index in [0.29, 0.717) is 22.3 Å². The van der Waals surface area contributed by atoms with Gasteiger partial charge in [0, 0.05) is 17.8 Å². The van der Waals surface area contributed by atoms with Crippen LogP contribution < -0.4 is 15.4 Å². The van der Waals surface area contributed by atoms with Crippen LogP contribution in [0, 0.1) is 0 Å². The summed E-state index contributed by atoms with van der Waals surface area (Å²) < 4.78 is 5.16. The lowest BCUT2D eigenvalue weighted by molar-refractivity contribution is 0.0945. The number of anilines is 2. The number of carbonyl (C=O) groups excluding carboxylic acids is 1.